The zero-order valence-electron chi connectivity index (χ0n) is 16.6. The lowest BCUT2D eigenvalue weighted by atomic mass is 9.50. The second-order valence-corrected chi connectivity index (χ2v) is 9.47. The lowest BCUT2D eigenvalue weighted by molar-refractivity contribution is -0.154. The van der Waals surface area contributed by atoms with Gasteiger partial charge in [-0.3, -0.25) is 14.4 Å². The van der Waals surface area contributed by atoms with E-state index in [1.807, 2.05) is 0 Å². The van der Waals surface area contributed by atoms with Crippen molar-refractivity contribution >= 4 is 17.5 Å². The van der Waals surface area contributed by atoms with Crippen LogP contribution in [0.15, 0.2) is 23.8 Å². The molecular weight excluding hydrogens is 340 g/mol. The zero-order chi connectivity index (χ0) is 19.5. The quantitative estimate of drug-likeness (QED) is 0.688. The normalized spacial score (nSPS) is 43.3. The molecule has 0 amide bonds. The number of allylic oxidation sites excluding steroid dienone is 1. The molecule has 4 rings (SSSR count). The van der Waals surface area contributed by atoms with Gasteiger partial charge in [-0.1, -0.05) is 19.1 Å². The fourth-order valence-electron chi connectivity index (χ4n) is 7.15. The van der Waals surface area contributed by atoms with Gasteiger partial charge in [0.2, 0.25) is 0 Å². The molecule has 146 valence electrons. The predicted molar refractivity (Wildman–Crippen MR) is 102 cm³/mol. The van der Waals surface area contributed by atoms with E-state index in [0.717, 1.165) is 43.3 Å². The van der Waals surface area contributed by atoms with Crippen molar-refractivity contribution in [2.24, 2.45) is 35.0 Å². The molecule has 0 aromatic rings. The fourth-order valence-corrected chi connectivity index (χ4v) is 7.15. The van der Waals surface area contributed by atoms with Crippen molar-refractivity contribution in [3.63, 3.8) is 0 Å². The first kappa shape index (κ1) is 18.6. The number of fused-ring (bicyclic) bond motifs is 5. The maximum Gasteiger partial charge on any atom is 0.302 e. The third kappa shape index (κ3) is 2.83. The molecule has 4 heteroatoms. The van der Waals surface area contributed by atoms with E-state index in [0.29, 0.717) is 23.5 Å². The third-order valence-electron chi connectivity index (χ3n) is 8.13. The maximum absolute atomic E-state index is 12.2. The van der Waals surface area contributed by atoms with E-state index in [1.54, 1.807) is 13.0 Å². The highest BCUT2D eigenvalue weighted by molar-refractivity contribution is 5.93. The Bertz CT molecular complexity index is 747. The van der Waals surface area contributed by atoms with Gasteiger partial charge < -0.3 is 4.74 Å². The Morgan fingerprint density at radius 1 is 1.15 bits per heavy atom. The zero-order valence-corrected chi connectivity index (χ0v) is 16.6. The van der Waals surface area contributed by atoms with Crippen molar-refractivity contribution < 1.29 is 19.1 Å². The fraction of sp³-hybridized carbons (Fsp3) is 0.696. The Morgan fingerprint density at radius 2 is 1.89 bits per heavy atom. The van der Waals surface area contributed by atoms with Crippen molar-refractivity contribution in [1.82, 2.24) is 0 Å². The van der Waals surface area contributed by atoms with Crippen LogP contribution in [-0.4, -0.2) is 23.6 Å². The molecule has 0 aromatic carbocycles. The minimum absolute atomic E-state index is 0.0326. The van der Waals surface area contributed by atoms with E-state index < -0.39 is 0 Å². The summed E-state index contributed by atoms with van der Waals surface area (Å²) < 4.78 is 5.63. The van der Waals surface area contributed by atoms with E-state index >= 15 is 0 Å². The summed E-state index contributed by atoms with van der Waals surface area (Å²) in [7, 11) is 0. The van der Waals surface area contributed by atoms with E-state index in [4.69, 9.17) is 4.74 Å². The number of ketones is 2. The highest BCUT2D eigenvalue weighted by Crippen LogP contribution is 2.64. The lowest BCUT2D eigenvalue weighted by Crippen LogP contribution is -2.51. The molecule has 0 bridgehead atoms. The van der Waals surface area contributed by atoms with Gasteiger partial charge in [0.15, 0.2) is 5.78 Å². The molecule has 1 unspecified atom stereocenters. The molecule has 3 fully saturated rings. The lowest BCUT2D eigenvalue weighted by Gasteiger charge is -2.55. The molecule has 4 aliphatic rings. The smallest absolute Gasteiger partial charge is 0.302 e. The van der Waals surface area contributed by atoms with Crippen LogP contribution in [0.1, 0.15) is 59.3 Å². The van der Waals surface area contributed by atoms with Crippen LogP contribution in [0.2, 0.25) is 0 Å². The van der Waals surface area contributed by atoms with Crippen LogP contribution in [-0.2, 0) is 19.1 Å². The molecule has 4 nitrogen and oxygen atoms in total. The summed E-state index contributed by atoms with van der Waals surface area (Å²) in [4.78, 5) is 36.1. The van der Waals surface area contributed by atoms with Crippen LogP contribution in [0.4, 0.5) is 0 Å². The summed E-state index contributed by atoms with van der Waals surface area (Å²) >= 11 is 0. The highest BCUT2D eigenvalue weighted by Gasteiger charge is 2.59. The summed E-state index contributed by atoms with van der Waals surface area (Å²) in [6.45, 7) is 9.78. The minimum Gasteiger partial charge on any atom is -0.461 e. The summed E-state index contributed by atoms with van der Waals surface area (Å²) in [5.41, 5.74) is 2.13. The Hall–Kier alpha value is -1.71. The Kier molecular flexibility index (Phi) is 4.44. The standard InChI is InChI=1S/C23H30O4/c1-12-9-18-16(7-8-23(4)19(13(2)24)5-6-20(18)23)22-17(12)10-15(26)11-21(22)27-14(3)25/h10,16,18-22H,1,5-9,11H2,2-4H3/t16-,18+,19+,20-,21?,22+,23+/m0/s1. The Labute approximate surface area is 161 Å². The maximum atomic E-state index is 12.2. The number of rotatable bonds is 2. The van der Waals surface area contributed by atoms with Crippen molar-refractivity contribution in [3.8, 4) is 0 Å². The minimum atomic E-state index is -0.367. The van der Waals surface area contributed by atoms with Gasteiger partial charge in [-0.2, -0.15) is 0 Å². The van der Waals surface area contributed by atoms with Gasteiger partial charge in [-0.15, -0.1) is 0 Å². The largest absolute Gasteiger partial charge is 0.461 e. The van der Waals surface area contributed by atoms with E-state index in [1.165, 1.54) is 6.92 Å². The van der Waals surface area contributed by atoms with Crippen molar-refractivity contribution in [1.29, 1.82) is 0 Å². The second kappa shape index (κ2) is 6.42. The van der Waals surface area contributed by atoms with Gasteiger partial charge >= 0.3 is 5.97 Å². The Balaban J connectivity index is 1.69. The molecule has 0 aromatic heterocycles. The average Bonchev–Trinajstić information content (AvgIpc) is 2.92. The van der Waals surface area contributed by atoms with Crippen LogP contribution in [0.25, 0.3) is 0 Å². The first-order valence-electron chi connectivity index (χ1n) is 10.3. The van der Waals surface area contributed by atoms with E-state index in [9.17, 15) is 14.4 Å². The average molecular weight is 370 g/mol. The number of carbonyl (C=O) groups is 3. The van der Waals surface area contributed by atoms with E-state index in [-0.39, 0.29) is 41.5 Å². The number of ether oxygens (including phenoxy) is 1. The van der Waals surface area contributed by atoms with Crippen molar-refractivity contribution in [3.05, 3.63) is 23.8 Å². The third-order valence-corrected chi connectivity index (χ3v) is 8.13. The summed E-state index contributed by atoms with van der Waals surface area (Å²) in [6, 6.07) is 0. The van der Waals surface area contributed by atoms with Gasteiger partial charge in [-0.05, 0) is 73.8 Å². The van der Waals surface area contributed by atoms with Crippen molar-refractivity contribution in [2.45, 2.75) is 65.4 Å². The van der Waals surface area contributed by atoms with Crippen LogP contribution in [0, 0.1) is 35.0 Å². The summed E-state index contributed by atoms with van der Waals surface area (Å²) in [5.74, 6) is 1.68. The topological polar surface area (TPSA) is 60.4 Å². The number of hydrogen-bond donors (Lipinski definition) is 0. The first-order chi connectivity index (χ1) is 12.7. The monoisotopic (exact) mass is 370 g/mol. The Morgan fingerprint density at radius 3 is 2.56 bits per heavy atom. The summed E-state index contributed by atoms with van der Waals surface area (Å²) in [5, 5.41) is 0. The molecule has 0 heterocycles. The SMILES string of the molecule is C=C1C[C@@H]2[C@H](CC[C@]3(C)[C@@H](C(C)=O)CC[C@@H]23)[C@@H]2C1=CC(=O)CC2OC(C)=O. The molecule has 0 radical (unpaired) electrons. The van der Waals surface area contributed by atoms with Gasteiger partial charge in [0.25, 0.3) is 0 Å². The molecule has 0 saturated heterocycles. The number of hydrogen-bond acceptors (Lipinski definition) is 4. The molecule has 7 atom stereocenters. The molecule has 0 aliphatic heterocycles. The van der Waals surface area contributed by atoms with Crippen molar-refractivity contribution in [2.75, 3.05) is 0 Å². The van der Waals surface area contributed by atoms with Gasteiger partial charge in [0, 0.05) is 25.2 Å². The molecule has 27 heavy (non-hydrogen) atoms. The molecule has 3 saturated carbocycles. The second-order valence-electron chi connectivity index (χ2n) is 9.47. The molecule has 4 aliphatic carbocycles. The first-order valence-corrected chi connectivity index (χ1v) is 10.3. The molecule has 0 N–H and O–H groups in total. The van der Waals surface area contributed by atoms with Gasteiger partial charge in [0.1, 0.15) is 11.9 Å². The van der Waals surface area contributed by atoms with Crippen LogP contribution in [0.3, 0.4) is 0 Å². The van der Waals surface area contributed by atoms with Crippen LogP contribution >= 0.6 is 0 Å². The number of carbonyl (C=O) groups excluding carboxylic acids is 3. The highest BCUT2D eigenvalue weighted by atomic mass is 16.5. The predicted octanol–water partition coefficient (Wildman–Crippen LogP) is 4.04. The number of esters is 1. The van der Waals surface area contributed by atoms with E-state index in [2.05, 4.69) is 13.5 Å². The molecular formula is C23H30O4. The van der Waals surface area contributed by atoms with Crippen LogP contribution < -0.4 is 0 Å². The summed E-state index contributed by atoms with van der Waals surface area (Å²) in [6.07, 6.45) is 6.73. The van der Waals surface area contributed by atoms with Gasteiger partial charge in [-0.25, -0.2) is 0 Å². The van der Waals surface area contributed by atoms with Crippen LogP contribution in [0.5, 0.6) is 0 Å². The molecule has 0 spiro atoms. The van der Waals surface area contributed by atoms with Gasteiger partial charge in [0.05, 0.1) is 0 Å². The number of Topliss-reactive ketones (excluding diaryl/α,β-unsaturated/α-hetero) is 1.